The smallest absolute Gasteiger partial charge is 0.506 e. The van der Waals surface area contributed by atoms with Crippen molar-refractivity contribution in [3.8, 4) is 0 Å². The third kappa shape index (κ3) is 3.98. The number of benzene rings is 2. The van der Waals surface area contributed by atoms with E-state index >= 15 is 0 Å². The van der Waals surface area contributed by atoms with Crippen LogP contribution in [0.5, 0.6) is 0 Å². The molecule has 144 valence electrons. The minimum Gasteiger partial charge on any atom is -0.506 e. The van der Waals surface area contributed by atoms with E-state index in [4.69, 9.17) is 0 Å². The molecule has 5 heteroatoms. The molecule has 0 unspecified atom stereocenters. The molecule has 0 saturated heterocycles. The normalized spacial score (nSPS) is 18.6. The van der Waals surface area contributed by atoms with Gasteiger partial charge < -0.3 is 19.6 Å². The topological polar surface area (TPSA) is 13.0 Å². The van der Waals surface area contributed by atoms with Gasteiger partial charge >= 0.3 is 21.1 Å². The minimum atomic E-state index is 0. The molecule has 0 radical (unpaired) electrons. The van der Waals surface area contributed by atoms with Gasteiger partial charge in [-0.2, -0.15) is 62.1 Å². The molecule has 3 aliphatic heterocycles. The SMILES string of the molecule is C[C-]1N2C=CN1Cc1[c-]c(ccc1)CN1C=CN([CH-]1)Cc1[c-]c(ccc1)C2.[Pt+4]. The maximum atomic E-state index is 3.59. The van der Waals surface area contributed by atoms with Gasteiger partial charge in [0.15, 0.2) is 0 Å². The van der Waals surface area contributed by atoms with Crippen LogP contribution in [0.2, 0.25) is 0 Å². The van der Waals surface area contributed by atoms with E-state index in [-0.39, 0.29) is 21.1 Å². The fourth-order valence-corrected chi connectivity index (χ4v) is 3.77. The van der Waals surface area contributed by atoms with Gasteiger partial charge in [-0.3, -0.25) is 0 Å². The molecular weight excluding hydrogens is 527 g/mol. The Hall–Kier alpha value is -2.19. The van der Waals surface area contributed by atoms with Crippen molar-refractivity contribution in [2.45, 2.75) is 33.1 Å². The molecule has 0 fully saturated rings. The monoisotopic (exact) mass is 549 g/mol. The predicted molar refractivity (Wildman–Crippen MR) is 104 cm³/mol. The first-order chi connectivity index (χ1) is 13.2. The fraction of sp³-hybridized carbons (Fsp3) is 0.217. The van der Waals surface area contributed by atoms with E-state index in [1.54, 1.807) is 0 Å². The Bertz CT molecular complexity index is 824. The van der Waals surface area contributed by atoms with Crippen LogP contribution in [0.25, 0.3) is 0 Å². The third-order valence-corrected chi connectivity index (χ3v) is 5.22. The van der Waals surface area contributed by atoms with E-state index in [9.17, 15) is 0 Å². The summed E-state index contributed by atoms with van der Waals surface area (Å²) in [5.74, 6) is 0. The standard InChI is InChI=1S/C23H22N4.Pt/c1-19-26-10-11-27(19)17-23-7-3-5-21(13-23)15-25-9-8-24(18-25)14-20-4-2-6-22(12-20)16-26;/h2-11,18H,14-17H2,1H3;/q-4;+4. The molecule has 0 amide bonds. The molecule has 3 aliphatic rings. The summed E-state index contributed by atoms with van der Waals surface area (Å²) >= 11 is 0. The first-order valence-electron chi connectivity index (χ1n) is 9.33. The van der Waals surface area contributed by atoms with Gasteiger partial charge in [-0.05, 0) is 51.0 Å². The molecule has 3 heterocycles. The average Bonchev–Trinajstić information content (AvgIpc) is 3.23. The summed E-state index contributed by atoms with van der Waals surface area (Å²) in [7, 11) is 0. The molecule has 4 nitrogen and oxygen atoms in total. The summed E-state index contributed by atoms with van der Waals surface area (Å²) in [5.41, 5.74) is 4.82. The Morgan fingerprint density at radius 1 is 0.714 bits per heavy atom. The Morgan fingerprint density at radius 2 is 1.14 bits per heavy atom. The van der Waals surface area contributed by atoms with Crippen LogP contribution in [0.1, 0.15) is 29.2 Å². The first kappa shape index (κ1) is 19.1. The zero-order chi connectivity index (χ0) is 18.2. The molecule has 0 spiro atoms. The zero-order valence-corrected chi connectivity index (χ0v) is 18.1. The van der Waals surface area contributed by atoms with Gasteiger partial charge in [0.25, 0.3) is 0 Å². The van der Waals surface area contributed by atoms with Crippen molar-refractivity contribution in [3.63, 3.8) is 0 Å². The van der Waals surface area contributed by atoms with Crippen molar-refractivity contribution < 1.29 is 21.1 Å². The quantitative estimate of drug-likeness (QED) is 0.464. The van der Waals surface area contributed by atoms with Crippen LogP contribution in [0.15, 0.2) is 61.2 Å². The second kappa shape index (κ2) is 8.05. The Labute approximate surface area is 182 Å². The van der Waals surface area contributed by atoms with Crippen LogP contribution < -0.4 is 0 Å². The summed E-state index contributed by atoms with van der Waals surface area (Å²) in [6, 6.07) is 20.1. The van der Waals surface area contributed by atoms with Crippen LogP contribution in [-0.4, -0.2) is 19.6 Å². The predicted octanol–water partition coefficient (Wildman–Crippen LogP) is 3.80. The van der Waals surface area contributed by atoms with E-state index in [1.807, 2.05) is 0 Å². The van der Waals surface area contributed by atoms with Gasteiger partial charge in [-0.1, -0.05) is 0 Å². The number of fused-ring (bicyclic) bond motifs is 8. The number of hydrogen-bond donors (Lipinski definition) is 0. The van der Waals surface area contributed by atoms with Gasteiger partial charge in [0.2, 0.25) is 0 Å². The molecule has 0 N–H and O–H groups in total. The van der Waals surface area contributed by atoms with Crippen molar-refractivity contribution in [1.82, 2.24) is 19.6 Å². The van der Waals surface area contributed by atoms with Crippen LogP contribution in [0, 0.1) is 25.0 Å². The molecule has 2 aromatic carbocycles. The molecular formula is C23H22N4Pt. The van der Waals surface area contributed by atoms with Gasteiger partial charge in [-0.25, -0.2) is 0 Å². The van der Waals surface area contributed by atoms with E-state index in [1.165, 1.54) is 28.4 Å². The maximum Gasteiger partial charge on any atom is 4.00 e. The van der Waals surface area contributed by atoms with E-state index in [2.05, 4.69) is 107 Å². The summed E-state index contributed by atoms with van der Waals surface area (Å²) in [4.78, 5) is 8.99. The van der Waals surface area contributed by atoms with Crippen LogP contribution in [0.3, 0.4) is 0 Å². The van der Waals surface area contributed by atoms with Gasteiger partial charge in [0.05, 0.1) is 0 Å². The van der Waals surface area contributed by atoms with Gasteiger partial charge in [0, 0.05) is 0 Å². The average molecular weight is 550 g/mol. The molecule has 28 heavy (non-hydrogen) atoms. The summed E-state index contributed by atoms with van der Waals surface area (Å²) in [6.07, 6.45) is 9.81. The van der Waals surface area contributed by atoms with Crippen molar-refractivity contribution in [2.24, 2.45) is 0 Å². The Kier molecular flexibility index (Phi) is 5.50. The molecule has 5 rings (SSSR count). The largest absolute Gasteiger partial charge is 4.00 e. The summed E-state index contributed by atoms with van der Waals surface area (Å²) in [6.45, 7) is 7.66. The third-order valence-electron chi connectivity index (χ3n) is 5.22. The molecule has 0 atom stereocenters. The molecule has 0 saturated carbocycles. The second-order valence-corrected chi connectivity index (χ2v) is 7.26. The van der Waals surface area contributed by atoms with E-state index in [0.29, 0.717) is 0 Å². The number of nitrogens with zero attached hydrogens (tertiary/aromatic N) is 4. The Morgan fingerprint density at radius 3 is 1.61 bits per heavy atom. The first-order valence-corrected chi connectivity index (χ1v) is 9.33. The van der Waals surface area contributed by atoms with Gasteiger partial charge in [0.1, 0.15) is 0 Å². The fourth-order valence-electron chi connectivity index (χ4n) is 3.77. The van der Waals surface area contributed by atoms with Crippen molar-refractivity contribution in [1.29, 1.82) is 0 Å². The van der Waals surface area contributed by atoms with Crippen LogP contribution in [0.4, 0.5) is 0 Å². The van der Waals surface area contributed by atoms with Crippen molar-refractivity contribution in [3.05, 3.63) is 108 Å². The molecule has 0 aliphatic carbocycles. The Balaban J connectivity index is 0.00000192. The van der Waals surface area contributed by atoms with Crippen molar-refractivity contribution in [2.75, 3.05) is 0 Å². The molecule has 0 aromatic heterocycles. The van der Waals surface area contributed by atoms with E-state index < -0.39 is 0 Å². The minimum absolute atomic E-state index is 0. The van der Waals surface area contributed by atoms with Crippen molar-refractivity contribution >= 4 is 0 Å². The molecule has 2 aromatic rings. The summed E-state index contributed by atoms with van der Waals surface area (Å²) < 4.78 is 0. The van der Waals surface area contributed by atoms with Crippen LogP contribution in [-0.2, 0) is 47.2 Å². The zero-order valence-electron chi connectivity index (χ0n) is 15.8. The number of rotatable bonds is 0. The second-order valence-electron chi connectivity index (χ2n) is 7.26. The summed E-state index contributed by atoms with van der Waals surface area (Å²) in [5, 5.41) is 0. The number of hydrogen-bond acceptors (Lipinski definition) is 4. The van der Waals surface area contributed by atoms with Crippen LogP contribution >= 0.6 is 0 Å². The van der Waals surface area contributed by atoms with E-state index in [0.717, 1.165) is 26.2 Å². The maximum absolute atomic E-state index is 3.59. The molecule has 8 bridgehead atoms. The van der Waals surface area contributed by atoms with Gasteiger partial charge in [-0.15, -0.1) is 28.4 Å².